The minimum Gasteiger partial charge on any atom is -0.480 e. The predicted octanol–water partition coefficient (Wildman–Crippen LogP) is 7.88. The van der Waals surface area contributed by atoms with Crippen LogP contribution >= 0.6 is 0 Å². The molecule has 10 heteroatoms. The average molecular weight is 761 g/mol. The lowest BCUT2D eigenvalue weighted by molar-refractivity contribution is -0.155. The summed E-state index contributed by atoms with van der Waals surface area (Å²) in [5.41, 5.74) is 3.74. The van der Waals surface area contributed by atoms with Crippen LogP contribution in [0.2, 0.25) is 0 Å². The summed E-state index contributed by atoms with van der Waals surface area (Å²) in [4.78, 5) is 52.1. The maximum Gasteiger partial charge on any atom is 0.323 e. The summed E-state index contributed by atoms with van der Waals surface area (Å²) in [5.74, 6) is -1.46. The first-order valence-corrected chi connectivity index (χ1v) is 19.0. The van der Waals surface area contributed by atoms with E-state index in [1.54, 1.807) is 7.05 Å². The number of likely N-dealkylation sites (N-methyl/N-ethyl adjacent to an activating group) is 2. The van der Waals surface area contributed by atoms with Crippen LogP contribution in [0.25, 0.3) is 0 Å². The van der Waals surface area contributed by atoms with E-state index in [0.29, 0.717) is 13.1 Å². The summed E-state index contributed by atoms with van der Waals surface area (Å²) < 4.78 is 16.3. The van der Waals surface area contributed by atoms with Crippen molar-refractivity contribution < 1.29 is 38.5 Å². The number of carbonyl (C=O) groups is 4. The third-order valence-corrected chi connectivity index (χ3v) is 8.31. The van der Waals surface area contributed by atoms with Crippen LogP contribution in [0.3, 0.4) is 0 Å². The first-order chi connectivity index (χ1) is 25.5. The van der Waals surface area contributed by atoms with E-state index in [1.165, 1.54) is 0 Å². The normalized spacial score (nSPS) is 12.9. The van der Waals surface area contributed by atoms with E-state index in [2.05, 4.69) is 0 Å². The van der Waals surface area contributed by atoms with Crippen LogP contribution in [0, 0.1) is 11.8 Å². The molecule has 0 unspecified atom stereocenters. The van der Waals surface area contributed by atoms with Crippen LogP contribution in [0.1, 0.15) is 97.1 Å². The zero-order chi connectivity index (χ0) is 41.5. The Morgan fingerprint density at radius 1 is 0.582 bits per heavy atom. The van der Waals surface area contributed by atoms with Gasteiger partial charge in [0.25, 0.3) is 0 Å². The first kappa shape index (κ1) is 46.6. The van der Waals surface area contributed by atoms with Crippen molar-refractivity contribution in [3.63, 3.8) is 0 Å². The highest BCUT2D eigenvalue weighted by molar-refractivity contribution is 5.76. The highest BCUT2D eigenvalue weighted by Gasteiger charge is 2.29. The molecule has 3 aromatic carbocycles. The largest absolute Gasteiger partial charge is 0.480 e. The number of nitrogens with zero attached hydrogens (tertiary/aromatic N) is 2. The Kier molecular flexibility index (Phi) is 18.2. The van der Waals surface area contributed by atoms with Gasteiger partial charge < -0.3 is 19.3 Å². The van der Waals surface area contributed by atoms with Crippen molar-refractivity contribution in [2.75, 3.05) is 14.1 Å². The van der Waals surface area contributed by atoms with Gasteiger partial charge in [-0.2, -0.15) is 0 Å². The number of carboxylic acid groups (broad SMARTS) is 1. The lowest BCUT2D eigenvalue weighted by Crippen LogP contribution is -2.43. The minimum atomic E-state index is -0.822. The Labute approximate surface area is 329 Å². The summed E-state index contributed by atoms with van der Waals surface area (Å²) in [6, 6.07) is 24.3. The number of benzene rings is 3. The molecule has 3 rings (SSSR count). The van der Waals surface area contributed by atoms with Gasteiger partial charge in [-0.1, -0.05) is 107 Å². The number of aliphatic carboxylic acids is 1. The molecule has 0 aliphatic rings. The van der Waals surface area contributed by atoms with Gasteiger partial charge >= 0.3 is 23.9 Å². The number of hydrogen-bond donors (Lipinski definition) is 1. The third-order valence-electron chi connectivity index (χ3n) is 8.31. The molecule has 0 amide bonds. The Hall–Kier alpha value is -4.54. The molecule has 0 aromatic heterocycles. The monoisotopic (exact) mass is 760 g/mol. The van der Waals surface area contributed by atoms with Gasteiger partial charge in [-0.3, -0.25) is 29.0 Å². The average Bonchev–Trinajstić information content (AvgIpc) is 3.02. The van der Waals surface area contributed by atoms with Crippen molar-refractivity contribution in [1.82, 2.24) is 9.80 Å². The molecule has 2 atom stereocenters. The zero-order valence-corrected chi connectivity index (χ0v) is 35.0. The van der Waals surface area contributed by atoms with E-state index in [4.69, 9.17) is 14.2 Å². The molecule has 0 fully saturated rings. The van der Waals surface area contributed by atoms with Gasteiger partial charge in [-0.25, -0.2) is 0 Å². The van der Waals surface area contributed by atoms with Crippen molar-refractivity contribution in [2.24, 2.45) is 11.8 Å². The fraction of sp³-hybridized carbons (Fsp3) is 0.511. The van der Waals surface area contributed by atoms with E-state index in [1.807, 2.05) is 165 Å². The SMILES string of the molecule is CC(C)[C@@H](C(=O)O)N(C)Cc1cccc(CC(=O)OC(C)(C)C)c1.CC(C)[C@@H](C(=O)OCc1ccccc1)N(C)Cc1cccc(CC(=O)OC(C)(C)C)c1. The van der Waals surface area contributed by atoms with Crippen LogP contribution < -0.4 is 0 Å². The van der Waals surface area contributed by atoms with Gasteiger partial charge in [-0.05, 0) is 95.3 Å². The number of carboxylic acids is 1. The van der Waals surface area contributed by atoms with E-state index >= 15 is 0 Å². The quantitative estimate of drug-likeness (QED) is 0.114. The summed E-state index contributed by atoms with van der Waals surface area (Å²) in [6.45, 7) is 20.3. The Morgan fingerprint density at radius 2 is 0.964 bits per heavy atom. The molecule has 0 heterocycles. The summed E-state index contributed by atoms with van der Waals surface area (Å²) in [6.07, 6.45) is 0.433. The first-order valence-electron chi connectivity index (χ1n) is 19.0. The topological polar surface area (TPSA) is 123 Å². The number of ether oxygens (including phenoxy) is 3. The van der Waals surface area contributed by atoms with E-state index < -0.39 is 23.2 Å². The number of hydrogen-bond acceptors (Lipinski definition) is 9. The molecule has 0 aliphatic heterocycles. The molecule has 302 valence electrons. The van der Waals surface area contributed by atoms with Crippen molar-refractivity contribution in [3.8, 4) is 0 Å². The molecule has 0 spiro atoms. The second-order valence-corrected chi connectivity index (χ2v) is 16.8. The van der Waals surface area contributed by atoms with E-state index in [-0.39, 0.29) is 55.2 Å². The van der Waals surface area contributed by atoms with Gasteiger partial charge in [0.1, 0.15) is 29.9 Å². The van der Waals surface area contributed by atoms with Gasteiger partial charge in [-0.15, -0.1) is 0 Å². The minimum absolute atomic E-state index is 0.0115. The molecule has 0 saturated carbocycles. The third kappa shape index (κ3) is 18.1. The number of rotatable bonds is 16. The van der Waals surface area contributed by atoms with Crippen molar-refractivity contribution >= 4 is 23.9 Å². The molecular formula is C45H64N2O8. The Bertz CT molecular complexity index is 1670. The van der Waals surface area contributed by atoms with Crippen molar-refractivity contribution in [2.45, 2.75) is 125 Å². The molecule has 0 saturated heterocycles. The number of esters is 3. The van der Waals surface area contributed by atoms with Gasteiger partial charge in [0, 0.05) is 13.1 Å². The molecule has 0 bridgehead atoms. The molecule has 0 aliphatic carbocycles. The highest BCUT2D eigenvalue weighted by Crippen LogP contribution is 2.19. The molecular weight excluding hydrogens is 697 g/mol. The van der Waals surface area contributed by atoms with Gasteiger partial charge in [0.05, 0.1) is 12.8 Å². The highest BCUT2D eigenvalue weighted by atomic mass is 16.6. The lowest BCUT2D eigenvalue weighted by atomic mass is 10.0. The van der Waals surface area contributed by atoms with Crippen LogP contribution in [0.4, 0.5) is 0 Å². The Balaban J connectivity index is 0.000000393. The second kappa shape index (κ2) is 21.5. The van der Waals surface area contributed by atoms with Crippen LogP contribution in [0.15, 0.2) is 78.9 Å². The van der Waals surface area contributed by atoms with E-state index in [9.17, 15) is 24.3 Å². The van der Waals surface area contributed by atoms with Crippen LogP contribution in [-0.4, -0.2) is 76.2 Å². The zero-order valence-electron chi connectivity index (χ0n) is 35.0. The molecule has 0 radical (unpaired) electrons. The maximum absolute atomic E-state index is 12.8. The van der Waals surface area contributed by atoms with Crippen molar-refractivity contribution in [3.05, 3.63) is 107 Å². The smallest absolute Gasteiger partial charge is 0.323 e. The standard InChI is InChI=1S/C26H35NO4.C19H29NO4/c1-19(2)24(25(29)30-18-20-11-8-7-9-12-20)27(6)17-22-14-10-13-21(15-22)16-23(28)31-26(3,4)5;1-13(2)17(18(22)23)20(6)12-15-9-7-8-14(10-15)11-16(21)24-19(3,4)5/h7-15,19,24H,16-18H2,1-6H3;7-10,13,17H,11-12H2,1-6H3,(H,22,23)/t24-;17-/m00/s1. The molecule has 3 aromatic rings. The second-order valence-electron chi connectivity index (χ2n) is 16.8. The molecule has 1 N–H and O–H groups in total. The van der Waals surface area contributed by atoms with Gasteiger partial charge in [0.2, 0.25) is 0 Å². The van der Waals surface area contributed by atoms with Gasteiger partial charge in [0.15, 0.2) is 0 Å². The fourth-order valence-corrected chi connectivity index (χ4v) is 6.29. The molecule has 55 heavy (non-hydrogen) atoms. The fourth-order valence-electron chi connectivity index (χ4n) is 6.29. The lowest BCUT2D eigenvalue weighted by Gasteiger charge is -2.29. The maximum atomic E-state index is 12.8. The van der Waals surface area contributed by atoms with Crippen LogP contribution in [-0.2, 0) is 65.9 Å². The Morgan fingerprint density at radius 3 is 1.35 bits per heavy atom. The summed E-state index contributed by atoms with van der Waals surface area (Å²) in [5, 5.41) is 9.37. The summed E-state index contributed by atoms with van der Waals surface area (Å²) >= 11 is 0. The summed E-state index contributed by atoms with van der Waals surface area (Å²) in [7, 11) is 3.73. The van der Waals surface area contributed by atoms with Crippen LogP contribution in [0.5, 0.6) is 0 Å². The number of carbonyl (C=O) groups excluding carboxylic acids is 3. The van der Waals surface area contributed by atoms with E-state index in [0.717, 1.165) is 27.8 Å². The van der Waals surface area contributed by atoms with Crippen molar-refractivity contribution in [1.29, 1.82) is 0 Å². The molecule has 10 nitrogen and oxygen atoms in total. The predicted molar refractivity (Wildman–Crippen MR) is 216 cm³/mol.